The average Bonchev–Trinajstić information content (AvgIpc) is 2.97. The predicted octanol–water partition coefficient (Wildman–Crippen LogP) is 5.11. The molecule has 0 aromatic heterocycles. The summed E-state index contributed by atoms with van der Waals surface area (Å²) in [5, 5.41) is 11.0. The zero-order valence-electron chi connectivity index (χ0n) is 17.9. The van der Waals surface area contributed by atoms with E-state index in [1.165, 1.54) is 23.6 Å². The van der Waals surface area contributed by atoms with Crippen molar-refractivity contribution in [2.24, 2.45) is 0 Å². The van der Waals surface area contributed by atoms with Crippen molar-refractivity contribution in [1.29, 1.82) is 5.41 Å². The molecule has 0 spiro atoms. The number of amides is 2. The van der Waals surface area contributed by atoms with E-state index in [4.69, 9.17) is 17.0 Å². The van der Waals surface area contributed by atoms with Crippen molar-refractivity contribution in [2.45, 2.75) is 31.1 Å². The van der Waals surface area contributed by atoms with E-state index in [-0.39, 0.29) is 33.8 Å². The van der Waals surface area contributed by atoms with E-state index in [2.05, 4.69) is 42.9 Å². The number of imide groups is 1. The molecule has 162 valence electrons. The van der Waals surface area contributed by atoms with Crippen LogP contribution in [0, 0.1) is 5.41 Å². The summed E-state index contributed by atoms with van der Waals surface area (Å²) in [4.78, 5) is 27.9. The largest absolute Gasteiger partial charge is 0.394 e. The lowest BCUT2D eigenvalue weighted by Gasteiger charge is -2.19. The second-order valence-electron chi connectivity index (χ2n) is 8.17. The maximum absolute atomic E-state index is 13.0. The standard InChI is InChI=1S/C23H25ClN4O2S/c1-23(2,3)14-5-7-16(8-6-14)31-27-18-10-9-17(24)19-20(18)22(30)28(21(19)29)13-15(25)11-12-26-4/h5-12,25-27H,13H2,1-4H3/b12-11-,25-15?. The maximum Gasteiger partial charge on any atom is 0.264 e. The molecule has 0 saturated carbocycles. The zero-order valence-corrected chi connectivity index (χ0v) is 19.4. The molecule has 1 aliphatic heterocycles. The summed E-state index contributed by atoms with van der Waals surface area (Å²) in [7, 11) is 1.71. The summed E-state index contributed by atoms with van der Waals surface area (Å²) in [5.74, 6) is -0.952. The van der Waals surface area contributed by atoms with Crippen LogP contribution in [0.4, 0.5) is 5.69 Å². The first kappa shape index (κ1) is 22.9. The monoisotopic (exact) mass is 456 g/mol. The number of nitrogens with zero attached hydrogens (tertiary/aromatic N) is 1. The minimum atomic E-state index is -0.490. The van der Waals surface area contributed by atoms with Gasteiger partial charge < -0.3 is 15.4 Å². The number of hydrogen-bond acceptors (Lipinski definition) is 6. The highest BCUT2D eigenvalue weighted by molar-refractivity contribution is 8.00. The van der Waals surface area contributed by atoms with Crippen molar-refractivity contribution in [3.05, 3.63) is 70.4 Å². The Morgan fingerprint density at radius 3 is 2.35 bits per heavy atom. The number of rotatable bonds is 7. The van der Waals surface area contributed by atoms with Crippen molar-refractivity contribution in [3.8, 4) is 0 Å². The fourth-order valence-electron chi connectivity index (χ4n) is 3.14. The number of anilines is 1. The lowest BCUT2D eigenvalue weighted by molar-refractivity contribution is 0.0678. The molecule has 2 amide bonds. The first-order valence-electron chi connectivity index (χ1n) is 9.77. The Kier molecular flexibility index (Phi) is 6.77. The first-order valence-corrected chi connectivity index (χ1v) is 11.0. The fourth-order valence-corrected chi connectivity index (χ4v) is 4.05. The number of nitrogens with one attached hydrogen (secondary N) is 3. The minimum Gasteiger partial charge on any atom is -0.394 e. The molecular weight excluding hydrogens is 432 g/mol. The van der Waals surface area contributed by atoms with Gasteiger partial charge in [0.05, 0.1) is 34.1 Å². The molecule has 0 atom stereocenters. The van der Waals surface area contributed by atoms with Crippen molar-refractivity contribution in [2.75, 3.05) is 18.3 Å². The van der Waals surface area contributed by atoms with Crippen LogP contribution < -0.4 is 10.0 Å². The van der Waals surface area contributed by atoms with E-state index >= 15 is 0 Å². The van der Waals surface area contributed by atoms with Gasteiger partial charge in [-0.25, -0.2) is 0 Å². The van der Waals surface area contributed by atoms with Gasteiger partial charge >= 0.3 is 0 Å². The molecule has 0 radical (unpaired) electrons. The highest BCUT2D eigenvalue weighted by Gasteiger charge is 2.39. The molecule has 1 aliphatic rings. The molecule has 3 N–H and O–H groups in total. The molecule has 2 aromatic carbocycles. The molecule has 1 heterocycles. The Bertz CT molecular complexity index is 1060. The van der Waals surface area contributed by atoms with Crippen LogP contribution in [-0.4, -0.2) is 36.0 Å². The number of benzene rings is 2. The Balaban J connectivity index is 1.81. The molecule has 6 nitrogen and oxygen atoms in total. The Labute approximate surface area is 191 Å². The van der Waals surface area contributed by atoms with Crippen molar-refractivity contribution < 1.29 is 9.59 Å². The minimum absolute atomic E-state index is 0.0694. The van der Waals surface area contributed by atoms with Crippen molar-refractivity contribution in [1.82, 2.24) is 10.2 Å². The molecular formula is C23H25ClN4O2S. The van der Waals surface area contributed by atoms with Gasteiger partial charge in [-0.2, -0.15) is 0 Å². The van der Waals surface area contributed by atoms with Gasteiger partial charge in [0.2, 0.25) is 0 Å². The van der Waals surface area contributed by atoms with E-state index in [0.29, 0.717) is 5.69 Å². The molecule has 0 saturated heterocycles. The molecule has 2 aromatic rings. The van der Waals surface area contributed by atoms with Gasteiger partial charge in [0.25, 0.3) is 11.8 Å². The second kappa shape index (κ2) is 9.16. The fraction of sp³-hybridized carbons (Fsp3) is 0.261. The van der Waals surface area contributed by atoms with Gasteiger partial charge in [-0.15, -0.1) is 0 Å². The second-order valence-corrected chi connectivity index (χ2v) is 9.45. The van der Waals surface area contributed by atoms with E-state index in [1.54, 1.807) is 25.4 Å². The molecule has 8 heteroatoms. The van der Waals surface area contributed by atoms with Crippen LogP contribution in [0.5, 0.6) is 0 Å². The van der Waals surface area contributed by atoms with Gasteiger partial charge in [0.1, 0.15) is 0 Å². The third-order valence-electron chi connectivity index (χ3n) is 4.85. The van der Waals surface area contributed by atoms with Gasteiger partial charge in [-0.05, 0) is 59.5 Å². The SMILES string of the molecule is CN/C=C\C(=N)CN1C(=O)c2c(Cl)ccc(NSc3ccc(C(C)(C)C)cc3)c2C1=O. The summed E-state index contributed by atoms with van der Waals surface area (Å²) >= 11 is 7.61. The van der Waals surface area contributed by atoms with Crippen LogP contribution >= 0.6 is 23.5 Å². The molecule has 0 bridgehead atoms. The third kappa shape index (κ3) is 4.94. The number of carbonyl (C=O) groups is 2. The smallest absolute Gasteiger partial charge is 0.264 e. The van der Waals surface area contributed by atoms with Gasteiger partial charge in [0.15, 0.2) is 0 Å². The lowest BCUT2D eigenvalue weighted by atomic mass is 9.87. The normalized spacial score (nSPS) is 13.6. The predicted molar refractivity (Wildman–Crippen MR) is 127 cm³/mol. The molecule has 0 fully saturated rings. The number of carbonyl (C=O) groups excluding carboxylic acids is 2. The molecule has 0 aliphatic carbocycles. The van der Waals surface area contributed by atoms with E-state index in [0.717, 1.165) is 9.80 Å². The van der Waals surface area contributed by atoms with Crippen LogP contribution in [-0.2, 0) is 5.41 Å². The van der Waals surface area contributed by atoms with Gasteiger partial charge in [-0.3, -0.25) is 14.5 Å². The van der Waals surface area contributed by atoms with Crippen LogP contribution in [0.2, 0.25) is 5.02 Å². The lowest BCUT2D eigenvalue weighted by Crippen LogP contribution is -2.34. The Hall–Kier alpha value is -2.77. The zero-order chi connectivity index (χ0) is 22.8. The Morgan fingerprint density at radius 1 is 1.10 bits per heavy atom. The van der Waals surface area contributed by atoms with Gasteiger partial charge in [0, 0.05) is 11.9 Å². The van der Waals surface area contributed by atoms with Crippen LogP contribution in [0.3, 0.4) is 0 Å². The summed E-state index contributed by atoms with van der Waals surface area (Å²) < 4.78 is 3.19. The summed E-state index contributed by atoms with van der Waals surface area (Å²) in [5.41, 5.74) is 2.35. The van der Waals surface area contributed by atoms with Crippen LogP contribution in [0.25, 0.3) is 0 Å². The van der Waals surface area contributed by atoms with Crippen LogP contribution in [0.15, 0.2) is 53.6 Å². The highest BCUT2D eigenvalue weighted by Crippen LogP contribution is 2.36. The average molecular weight is 457 g/mol. The third-order valence-corrected chi connectivity index (χ3v) is 6.00. The van der Waals surface area contributed by atoms with Crippen LogP contribution in [0.1, 0.15) is 47.1 Å². The summed E-state index contributed by atoms with van der Waals surface area (Å²) in [6.45, 7) is 6.36. The van der Waals surface area contributed by atoms with Gasteiger partial charge in [-0.1, -0.05) is 44.5 Å². The number of fused-ring (bicyclic) bond motifs is 1. The highest BCUT2D eigenvalue weighted by atomic mass is 35.5. The summed E-state index contributed by atoms with van der Waals surface area (Å²) in [6.07, 6.45) is 3.07. The number of hydrogen-bond donors (Lipinski definition) is 3. The first-order chi connectivity index (χ1) is 14.6. The maximum atomic E-state index is 13.0. The van der Waals surface area contributed by atoms with E-state index < -0.39 is 11.8 Å². The van der Waals surface area contributed by atoms with Crippen molar-refractivity contribution in [3.63, 3.8) is 0 Å². The topological polar surface area (TPSA) is 85.3 Å². The molecule has 3 rings (SSSR count). The molecule has 0 unspecified atom stereocenters. The molecule has 31 heavy (non-hydrogen) atoms. The summed E-state index contributed by atoms with van der Waals surface area (Å²) in [6, 6.07) is 11.5. The van der Waals surface area contributed by atoms with E-state index in [9.17, 15) is 9.59 Å². The Morgan fingerprint density at radius 2 is 1.74 bits per heavy atom. The van der Waals surface area contributed by atoms with Crippen molar-refractivity contribution >= 4 is 46.8 Å². The number of halogens is 1. The quantitative estimate of drug-likeness (QED) is 0.306. The van der Waals surface area contributed by atoms with E-state index in [1.807, 2.05) is 12.1 Å².